The van der Waals surface area contributed by atoms with Crippen LogP contribution in [0.1, 0.15) is 34.1 Å². The highest BCUT2D eigenvalue weighted by Crippen LogP contribution is 2.22. The predicted molar refractivity (Wildman–Crippen MR) is 70.5 cm³/mol. The molecule has 2 atom stereocenters. The molecule has 16 heavy (non-hydrogen) atoms. The third kappa shape index (κ3) is 3.67. The Labute approximate surface area is 103 Å². The predicted octanol–water partition coefficient (Wildman–Crippen LogP) is 1.71. The average molecular weight is 244 g/mol. The number of carbonyl (C=O) groups is 1. The van der Waals surface area contributed by atoms with Gasteiger partial charge in [0.05, 0.1) is 0 Å². The summed E-state index contributed by atoms with van der Waals surface area (Å²) in [6.07, 6.45) is 0.471. The van der Waals surface area contributed by atoms with E-state index in [0.717, 1.165) is 18.1 Å². The molecule has 0 aromatic carbocycles. The third-order valence-corrected chi connectivity index (χ3v) is 4.38. The second-order valence-corrected chi connectivity index (χ2v) is 6.84. The molecule has 2 N–H and O–H groups in total. The van der Waals surface area contributed by atoms with Crippen LogP contribution in [0.25, 0.3) is 0 Å². The van der Waals surface area contributed by atoms with Crippen LogP contribution in [0.2, 0.25) is 0 Å². The largest absolute Gasteiger partial charge is 0.338 e. The van der Waals surface area contributed by atoms with Crippen molar-refractivity contribution in [1.82, 2.24) is 4.90 Å². The molecule has 1 aliphatic heterocycles. The van der Waals surface area contributed by atoms with Gasteiger partial charge in [-0.15, -0.1) is 0 Å². The molecule has 0 aliphatic carbocycles. The zero-order valence-electron chi connectivity index (χ0n) is 10.8. The minimum Gasteiger partial charge on any atom is -0.338 e. The maximum atomic E-state index is 12.1. The Morgan fingerprint density at radius 2 is 2.19 bits per heavy atom. The van der Waals surface area contributed by atoms with Crippen LogP contribution in [0.5, 0.6) is 0 Å². The van der Waals surface area contributed by atoms with Gasteiger partial charge in [-0.25, -0.2) is 0 Å². The molecule has 1 rings (SSSR count). The second kappa shape index (κ2) is 5.41. The van der Waals surface area contributed by atoms with Crippen molar-refractivity contribution in [2.75, 3.05) is 18.1 Å². The van der Waals surface area contributed by atoms with Gasteiger partial charge < -0.3 is 10.6 Å². The van der Waals surface area contributed by atoms with Crippen LogP contribution in [0, 0.1) is 5.41 Å². The van der Waals surface area contributed by atoms with Gasteiger partial charge in [0, 0.05) is 36.6 Å². The second-order valence-electron chi connectivity index (χ2n) is 5.69. The van der Waals surface area contributed by atoms with Crippen LogP contribution >= 0.6 is 11.8 Å². The van der Waals surface area contributed by atoms with Gasteiger partial charge in [0.25, 0.3) is 0 Å². The lowest BCUT2D eigenvalue weighted by Crippen LogP contribution is -2.48. The smallest absolute Gasteiger partial charge is 0.224 e. The first-order valence-electron chi connectivity index (χ1n) is 5.95. The summed E-state index contributed by atoms with van der Waals surface area (Å²) in [6, 6.07) is 0.306. The molecule has 1 aliphatic rings. The van der Waals surface area contributed by atoms with Crippen molar-refractivity contribution in [3.8, 4) is 0 Å². The first kappa shape index (κ1) is 13.8. The summed E-state index contributed by atoms with van der Waals surface area (Å²) in [5.41, 5.74) is 6.05. The fraction of sp³-hybridized carbons (Fsp3) is 0.917. The molecule has 1 saturated heterocycles. The van der Waals surface area contributed by atoms with Crippen molar-refractivity contribution in [3.05, 3.63) is 0 Å². The van der Waals surface area contributed by atoms with Gasteiger partial charge in [0.15, 0.2) is 0 Å². The molecular formula is C12H24N2OS. The number of amides is 1. The number of hydrogen-bond acceptors (Lipinski definition) is 3. The van der Waals surface area contributed by atoms with E-state index >= 15 is 0 Å². The maximum absolute atomic E-state index is 12.1. The zero-order chi connectivity index (χ0) is 12.3. The normalized spacial score (nSPS) is 24.3. The number of rotatable bonds is 2. The Hall–Kier alpha value is -0.220. The fourth-order valence-electron chi connectivity index (χ4n) is 1.71. The molecule has 0 bridgehead atoms. The highest BCUT2D eigenvalue weighted by Gasteiger charge is 2.28. The Balaban J connectivity index is 2.51. The average Bonchev–Trinajstić information content (AvgIpc) is 2.16. The van der Waals surface area contributed by atoms with Gasteiger partial charge in [-0.1, -0.05) is 20.8 Å². The summed E-state index contributed by atoms with van der Waals surface area (Å²) >= 11 is 1.92. The van der Waals surface area contributed by atoms with Crippen molar-refractivity contribution in [3.63, 3.8) is 0 Å². The van der Waals surface area contributed by atoms with E-state index in [4.69, 9.17) is 5.73 Å². The van der Waals surface area contributed by atoms with Crippen LogP contribution in [0.4, 0.5) is 0 Å². The van der Waals surface area contributed by atoms with Gasteiger partial charge in [-0.2, -0.15) is 11.8 Å². The summed E-state index contributed by atoms with van der Waals surface area (Å²) in [6.45, 7) is 9.25. The zero-order valence-corrected chi connectivity index (χ0v) is 11.6. The van der Waals surface area contributed by atoms with E-state index in [1.807, 2.05) is 16.7 Å². The molecule has 0 spiro atoms. The van der Waals surface area contributed by atoms with E-state index in [1.165, 1.54) is 0 Å². The molecule has 0 aromatic rings. The lowest BCUT2D eigenvalue weighted by atomic mass is 9.85. The Morgan fingerprint density at radius 3 is 2.69 bits per heavy atom. The lowest BCUT2D eigenvalue weighted by molar-refractivity contribution is -0.133. The molecule has 1 fully saturated rings. The van der Waals surface area contributed by atoms with Gasteiger partial charge >= 0.3 is 0 Å². The number of nitrogens with zero attached hydrogens (tertiary/aromatic N) is 1. The standard InChI is InChI=1S/C12H24N2OS/c1-9-8-16-6-5-14(9)11(15)7-10(13)12(2,3)4/h9-10H,5-8,13H2,1-4H3. The summed E-state index contributed by atoms with van der Waals surface area (Å²) in [4.78, 5) is 14.1. The van der Waals surface area contributed by atoms with Gasteiger partial charge in [0.2, 0.25) is 5.91 Å². The summed E-state index contributed by atoms with van der Waals surface area (Å²) in [7, 11) is 0. The molecule has 0 saturated carbocycles. The fourth-order valence-corrected chi connectivity index (χ4v) is 2.72. The number of thioether (sulfide) groups is 1. The first-order chi connectivity index (χ1) is 7.32. The molecule has 1 heterocycles. The topological polar surface area (TPSA) is 46.3 Å². The molecule has 0 aromatic heterocycles. The monoisotopic (exact) mass is 244 g/mol. The maximum Gasteiger partial charge on any atom is 0.224 e. The van der Waals surface area contributed by atoms with Gasteiger partial charge in [-0.05, 0) is 12.3 Å². The lowest BCUT2D eigenvalue weighted by Gasteiger charge is -2.35. The number of carbonyl (C=O) groups excluding carboxylic acids is 1. The molecular weight excluding hydrogens is 220 g/mol. The van der Waals surface area contributed by atoms with Crippen molar-refractivity contribution < 1.29 is 4.79 Å². The Kier molecular flexibility index (Phi) is 4.68. The van der Waals surface area contributed by atoms with Crippen molar-refractivity contribution in [2.24, 2.45) is 11.1 Å². The Bertz CT molecular complexity index is 250. The summed E-state index contributed by atoms with van der Waals surface area (Å²) in [5.74, 6) is 2.33. The van der Waals surface area contributed by atoms with Gasteiger partial charge in [-0.3, -0.25) is 4.79 Å². The van der Waals surface area contributed by atoms with Gasteiger partial charge in [0.1, 0.15) is 0 Å². The SMILES string of the molecule is CC1CSCCN1C(=O)CC(N)C(C)(C)C. The van der Waals surface area contributed by atoms with E-state index < -0.39 is 0 Å². The first-order valence-corrected chi connectivity index (χ1v) is 7.10. The summed E-state index contributed by atoms with van der Waals surface area (Å²) < 4.78 is 0. The van der Waals surface area contributed by atoms with Crippen LogP contribution in [0.15, 0.2) is 0 Å². The van der Waals surface area contributed by atoms with Crippen LogP contribution in [0.3, 0.4) is 0 Å². The molecule has 94 valence electrons. The van der Waals surface area contributed by atoms with Crippen LogP contribution < -0.4 is 5.73 Å². The molecule has 4 heteroatoms. The van der Waals surface area contributed by atoms with E-state index in [-0.39, 0.29) is 17.4 Å². The van der Waals surface area contributed by atoms with E-state index in [2.05, 4.69) is 27.7 Å². The number of nitrogens with two attached hydrogens (primary N) is 1. The highest BCUT2D eigenvalue weighted by molar-refractivity contribution is 7.99. The highest BCUT2D eigenvalue weighted by atomic mass is 32.2. The molecule has 0 radical (unpaired) electrons. The van der Waals surface area contributed by atoms with E-state index in [0.29, 0.717) is 12.5 Å². The van der Waals surface area contributed by atoms with Crippen molar-refractivity contribution in [1.29, 1.82) is 0 Å². The van der Waals surface area contributed by atoms with E-state index in [9.17, 15) is 4.79 Å². The minimum absolute atomic E-state index is 0.00341. The summed E-state index contributed by atoms with van der Waals surface area (Å²) in [5, 5.41) is 0. The quantitative estimate of drug-likeness (QED) is 0.804. The van der Waals surface area contributed by atoms with Crippen LogP contribution in [-0.2, 0) is 4.79 Å². The van der Waals surface area contributed by atoms with Crippen LogP contribution in [-0.4, -0.2) is 40.9 Å². The Morgan fingerprint density at radius 1 is 1.56 bits per heavy atom. The van der Waals surface area contributed by atoms with E-state index in [1.54, 1.807) is 0 Å². The molecule has 2 unspecified atom stereocenters. The molecule has 3 nitrogen and oxygen atoms in total. The third-order valence-electron chi connectivity index (χ3n) is 3.19. The molecule has 1 amide bonds. The van der Waals surface area contributed by atoms with Crippen molar-refractivity contribution >= 4 is 17.7 Å². The number of hydrogen-bond donors (Lipinski definition) is 1. The van der Waals surface area contributed by atoms with Crippen molar-refractivity contribution in [2.45, 2.75) is 46.2 Å². The minimum atomic E-state index is -0.0539.